The molecule has 4 saturated carbocycles. The standard InChI is InChI=1S/C60H71N/c1-54(2,3)38-18-16-37(17-19-38)44-31-42(34-50-53(44)43-14-12-13-15-45(43)60(50)51-29-36-28-39-30-52(60)59(39,51)35-36)61(40-20-22-46-48(32-40)57(8,9)26-24-55(46,4)5)41-21-23-47-49(33-41)58(10,11)27-25-56(47,6)7/h12-23,31-34,36,39,43,45,51-52H,24-30,35H2,1-11H3. The Balaban J connectivity index is 1.14. The summed E-state index contributed by atoms with van der Waals surface area (Å²) in [7, 11) is 0. The maximum atomic E-state index is 2.79. The molecule has 61 heavy (non-hydrogen) atoms. The van der Waals surface area contributed by atoms with Crippen LogP contribution in [0.4, 0.5) is 17.1 Å². The molecule has 0 radical (unpaired) electrons. The fraction of sp³-hybridized carbons (Fsp3) is 0.533. The number of fused-ring (bicyclic) bond motifs is 10. The van der Waals surface area contributed by atoms with Crippen molar-refractivity contribution in [3.8, 4) is 11.1 Å². The van der Waals surface area contributed by atoms with E-state index in [9.17, 15) is 0 Å². The largest absolute Gasteiger partial charge is 0.310 e. The molecule has 2 spiro atoms. The summed E-state index contributed by atoms with van der Waals surface area (Å²) in [5.74, 6) is 4.52. The van der Waals surface area contributed by atoms with Crippen LogP contribution in [-0.2, 0) is 32.5 Å². The van der Waals surface area contributed by atoms with Gasteiger partial charge in [-0.05, 0) is 200 Å². The summed E-state index contributed by atoms with van der Waals surface area (Å²) in [6.45, 7) is 26.9. The average Bonchev–Trinajstić information content (AvgIpc) is 3.85. The molecule has 316 valence electrons. The van der Waals surface area contributed by atoms with Crippen molar-refractivity contribution in [3.05, 3.63) is 136 Å². The minimum absolute atomic E-state index is 0.109. The van der Waals surface area contributed by atoms with E-state index in [-0.39, 0.29) is 32.5 Å². The van der Waals surface area contributed by atoms with Crippen LogP contribution in [0.25, 0.3) is 11.1 Å². The topological polar surface area (TPSA) is 3.24 Å². The minimum atomic E-state index is 0.109. The first kappa shape index (κ1) is 38.8. The van der Waals surface area contributed by atoms with E-state index in [2.05, 4.69) is 178 Å². The highest BCUT2D eigenvalue weighted by Gasteiger charge is 2.85. The number of benzene rings is 4. The number of nitrogens with zero attached hydrogens (tertiary/aromatic N) is 1. The molecule has 0 aliphatic heterocycles. The van der Waals surface area contributed by atoms with Gasteiger partial charge in [-0.15, -0.1) is 0 Å². The maximum Gasteiger partial charge on any atom is 0.0470 e. The molecule has 2 bridgehead atoms. The third-order valence-electron chi connectivity index (χ3n) is 19.7. The zero-order valence-corrected chi connectivity index (χ0v) is 39.3. The Labute approximate surface area is 368 Å². The summed E-state index contributed by atoms with van der Waals surface area (Å²) < 4.78 is 0. The van der Waals surface area contributed by atoms with Gasteiger partial charge in [0.05, 0.1) is 0 Å². The lowest BCUT2D eigenvalue weighted by Crippen LogP contribution is -2.75. The van der Waals surface area contributed by atoms with Crippen LogP contribution in [0.1, 0.15) is 172 Å². The van der Waals surface area contributed by atoms with Crippen molar-refractivity contribution < 1.29 is 0 Å². The normalized spacial score (nSPS) is 34.1. The Morgan fingerprint density at radius 1 is 0.541 bits per heavy atom. The van der Waals surface area contributed by atoms with Gasteiger partial charge < -0.3 is 4.90 Å². The molecule has 4 fully saturated rings. The second kappa shape index (κ2) is 12.0. The monoisotopic (exact) mass is 806 g/mol. The van der Waals surface area contributed by atoms with E-state index >= 15 is 0 Å². The van der Waals surface area contributed by atoms with E-state index < -0.39 is 0 Å². The first-order valence-electron chi connectivity index (χ1n) is 24.5. The molecule has 8 aliphatic rings. The number of hydrogen-bond acceptors (Lipinski definition) is 1. The van der Waals surface area contributed by atoms with Gasteiger partial charge in [0.25, 0.3) is 0 Å². The molecular formula is C60H71N. The summed E-state index contributed by atoms with van der Waals surface area (Å²) in [5, 5.41) is 0. The van der Waals surface area contributed by atoms with Crippen molar-refractivity contribution in [1.29, 1.82) is 0 Å². The van der Waals surface area contributed by atoms with Crippen LogP contribution in [0, 0.1) is 35.0 Å². The fourth-order valence-electron chi connectivity index (χ4n) is 16.4. The van der Waals surface area contributed by atoms with Crippen LogP contribution < -0.4 is 4.90 Å². The number of allylic oxidation sites excluding steroid dienone is 4. The van der Waals surface area contributed by atoms with Crippen molar-refractivity contribution in [3.63, 3.8) is 0 Å². The van der Waals surface area contributed by atoms with Crippen molar-refractivity contribution in [1.82, 2.24) is 0 Å². The van der Waals surface area contributed by atoms with Gasteiger partial charge in [0.1, 0.15) is 0 Å². The molecule has 4 aromatic rings. The molecule has 0 N–H and O–H groups in total. The van der Waals surface area contributed by atoms with Gasteiger partial charge in [-0.3, -0.25) is 0 Å². The summed E-state index contributed by atoms with van der Waals surface area (Å²) in [4.78, 5) is 2.73. The highest BCUT2D eigenvalue weighted by molar-refractivity contribution is 5.85. The molecule has 8 aliphatic carbocycles. The lowest BCUT2D eigenvalue weighted by molar-refractivity contribution is -0.259. The van der Waals surface area contributed by atoms with Gasteiger partial charge >= 0.3 is 0 Å². The number of anilines is 3. The smallest absolute Gasteiger partial charge is 0.0470 e. The van der Waals surface area contributed by atoms with Crippen LogP contribution in [0.5, 0.6) is 0 Å². The lowest BCUT2D eigenvalue weighted by Gasteiger charge is -2.78. The van der Waals surface area contributed by atoms with E-state index in [1.165, 1.54) is 107 Å². The predicted molar refractivity (Wildman–Crippen MR) is 257 cm³/mol. The van der Waals surface area contributed by atoms with Gasteiger partial charge in [-0.1, -0.05) is 137 Å². The molecule has 1 heteroatoms. The van der Waals surface area contributed by atoms with E-state index in [1.54, 1.807) is 11.1 Å². The fourth-order valence-corrected chi connectivity index (χ4v) is 16.4. The van der Waals surface area contributed by atoms with Crippen molar-refractivity contribution >= 4 is 17.1 Å². The molecule has 0 heterocycles. The first-order chi connectivity index (χ1) is 28.8. The summed E-state index contributed by atoms with van der Waals surface area (Å²) in [6.07, 6.45) is 20.9. The van der Waals surface area contributed by atoms with Gasteiger partial charge in [0.2, 0.25) is 0 Å². The predicted octanol–water partition coefficient (Wildman–Crippen LogP) is 16.0. The molecule has 1 nitrogen and oxygen atoms in total. The summed E-state index contributed by atoms with van der Waals surface area (Å²) in [6, 6.07) is 30.5. The summed E-state index contributed by atoms with van der Waals surface area (Å²) in [5.41, 5.74) is 19.2. The zero-order valence-electron chi connectivity index (χ0n) is 39.3. The van der Waals surface area contributed by atoms with Crippen molar-refractivity contribution in [2.75, 3.05) is 4.90 Å². The van der Waals surface area contributed by atoms with E-state index in [0.717, 1.165) is 23.7 Å². The molecule has 12 rings (SSSR count). The third-order valence-corrected chi connectivity index (χ3v) is 19.7. The summed E-state index contributed by atoms with van der Waals surface area (Å²) >= 11 is 0. The molecular weight excluding hydrogens is 735 g/mol. The Morgan fingerprint density at radius 3 is 1.66 bits per heavy atom. The Kier molecular flexibility index (Phi) is 7.66. The van der Waals surface area contributed by atoms with Crippen molar-refractivity contribution in [2.45, 2.75) is 166 Å². The van der Waals surface area contributed by atoms with Crippen molar-refractivity contribution in [2.24, 2.45) is 35.0 Å². The van der Waals surface area contributed by atoms with Crippen LogP contribution in [0.15, 0.2) is 97.1 Å². The number of hydrogen-bond donors (Lipinski definition) is 0. The maximum absolute atomic E-state index is 2.79. The molecule has 0 amide bonds. The number of rotatable bonds is 4. The zero-order chi connectivity index (χ0) is 42.4. The molecule has 0 aromatic heterocycles. The highest BCUT2D eigenvalue weighted by atomic mass is 15.1. The van der Waals surface area contributed by atoms with Crippen LogP contribution in [0.2, 0.25) is 0 Å². The second-order valence-corrected chi connectivity index (χ2v) is 25.6. The molecule has 8 atom stereocenters. The Bertz CT molecular complexity index is 2500. The molecule has 0 saturated heterocycles. The second-order valence-electron chi connectivity index (χ2n) is 25.6. The van der Waals surface area contributed by atoms with Crippen LogP contribution in [-0.4, -0.2) is 0 Å². The third kappa shape index (κ3) is 4.96. The average molecular weight is 806 g/mol. The Hall–Kier alpha value is -3.84. The first-order valence-corrected chi connectivity index (χ1v) is 24.5. The quantitative estimate of drug-likeness (QED) is 0.199. The van der Waals surface area contributed by atoms with Gasteiger partial charge in [-0.25, -0.2) is 0 Å². The van der Waals surface area contributed by atoms with Gasteiger partial charge in [0.15, 0.2) is 0 Å². The van der Waals surface area contributed by atoms with E-state index in [4.69, 9.17) is 0 Å². The van der Waals surface area contributed by atoms with E-state index in [0.29, 0.717) is 17.3 Å². The molecule has 4 aromatic carbocycles. The lowest BCUT2D eigenvalue weighted by atomic mass is 9.26. The van der Waals surface area contributed by atoms with Gasteiger partial charge in [-0.2, -0.15) is 0 Å². The van der Waals surface area contributed by atoms with Crippen LogP contribution >= 0.6 is 0 Å². The Morgan fingerprint density at radius 2 is 1.08 bits per heavy atom. The van der Waals surface area contributed by atoms with Crippen LogP contribution in [0.3, 0.4) is 0 Å². The van der Waals surface area contributed by atoms with Gasteiger partial charge in [0, 0.05) is 28.4 Å². The molecule has 8 unspecified atom stereocenters. The minimum Gasteiger partial charge on any atom is -0.310 e. The SMILES string of the molecule is CC(C)(C)c1ccc(-c2cc(N(c3ccc4c(c3)C(C)(C)CCC4(C)C)c3ccc4c(c3)C(C)(C)CCC4(C)C)cc3c2C2C=CC=CC2C32C3CC4CC5CC2C53C4)cc1. The highest BCUT2D eigenvalue weighted by Crippen LogP contribution is 2.90. The van der Waals surface area contributed by atoms with E-state index in [1.807, 2.05) is 0 Å².